The lowest BCUT2D eigenvalue weighted by Gasteiger charge is -2.41. The molecule has 1 heterocycles. The van der Waals surface area contributed by atoms with Gasteiger partial charge < -0.3 is 10.0 Å². The third kappa shape index (κ3) is 3.24. The number of likely N-dealkylation sites (tertiary alicyclic amines) is 1. The Morgan fingerprint density at radius 3 is 2.45 bits per heavy atom. The first-order valence-corrected chi connectivity index (χ1v) is 8.26. The minimum absolute atomic E-state index is 0.371. The molecule has 0 radical (unpaired) electrons. The minimum atomic E-state index is 0.371. The maximum atomic E-state index is 9.37. The van der Waals surface area contributed by atoms with Crippen LogP contribution in [0.15, 0.2) is 30.3 Å². The van der Waals surface area contributed by atoms with Crippen molar-refractivity contribution in [2.45, 2.75) is 50.5 Å². The molecule has 1 N–H and O–H groups in total. The summed E-state index contributed by atoms with van der Waals surface area (Å²) in [4.78, 5) is 2.66. The molecule has 1 aromatic carbocycles. The van der Waals surface area contributed by atoms with Gasteiger partial charge in [-0.25, -0.2) is 0 Å². The summed E-state index contributed by atoms with van der Waals surface area (Å²) < 4.78 is 0. The monoisotopic (exact) mass is 273 g/mol. The molecule has 3 rings (SSSR count). The summed E-state index contributed by atoms with van der Waals surface area (Å²) in [5, 5.41) is 9.37. The molecule has 20 heavy (non-hydrogen) atoms. The molecule has 2 fully saturated rings. The van der Waals surface area contributed by atoms with Crippen molar-refractivity contribution in [3.05, 3.63) is 35.9 Å². The van der Waals surface area contributed by atoms with Crippen molar-refractivity contribution in [3.63, 3.8) is 0 Å². The van der Waals surface area contributed by atoms with E-state index in [1.807, 2.05) is 0 Å². The van der Waals surface area contributed by atoms with Crippen LogP contribution in [0.2, 0.25) is 0 Å². The van der Waals surface area contributed by atoms with Gasteiger partial charge >= 0.3 is 0 Å². The second-order valence-corrected chi connectivity index (χ2v) is 6.60. The molecule has 1 aromatic rings. The van der Waals surface area contributed by atoms with Crippen LogP contribution in [-0.4, -0.2) is 35.7 Å². The van der Waals surface area contributed by atoms with Crippen molar-refractivity contribution in [2.24, 2.45) is 5.92 Å². The molecule has 2 aliphatic rings. The Hall–Kier alpha value is -0.860. The number of piperidine rings is 1. The van der Waals surface area contributed by atoms with Crippen molar-refractivity contribution >= 4 is 0 Å². The van der Waals surface area contributed by atoms with E-state index in [1.54, 1.807) is 0 Å². The van der Waals surface area contributed by atoms with Gasteiger partial charge in [0.1, 0.15) is 0 Å². The third-order valence-corrected chi connectivity index (χ3v) is 5.29. The minimum Gasteiger partial charge on any atom is -0.396 e. The van der Waals surface area contributed by atoms with Crippen LogP contribution in [0.5, 0.6) is 0 Å². The third-order valence-electron chi connectivity index (χ3n) is 5.29. The molecule has 0 spiro atoms. The van der Waals surface area contributed by atoms with Crippen molar-refractivity contribution in [3.8, 4) is 0 Å². The first kappa shape index (κ1) is 14.1. The van der Waals surface area contributed by atoms with Gasteiger partial charge in [0.15, 0.2) is 0 Å². The van der Waals surface area contributed by atoms with Gasteiger partial charge in [-0.3, -0.25) is 0 Å². The molecular weight excluding hydrogens is 246 g/mol. The predicted octanol–water partition coefficient (Wildman–Crippen LogP) is 3.42. The van der Waals surface area contributed by atoms with E-state index in [0.717, 1.165) is 18.5 Å². The number of aliphatic hydroxyl groups is 1. The van der Waals surface area contributed by atoms with Crippen LogP contribution in [-0.2, 0) is 0 Å². The zero-order valence-corrected chi connectivity index (χ0v) is 12.4. The Morgan fingerprint density at radius 1 is 1.00 bits per heavy atom. The number of hydrogen-bond donors (Lipinski definition) is 1. The van der Waals surface area contributed by atoms with Crippen molar-refractivity contribution in [1.82, 2.24) is 4.90 Å². The van der Waals surface area contributed by atoms with Gasteiger partial charge in [-0.1, -0.05) is 30.3 Å². The van der Waals surface area contributed by atoms with Crippen LogP contribution >= 0.6 is 0 Å². The Balaban J connectivity index is 1.53. The maximum absolute atomic E-state index is 9.37. The van der Waals surface area contributed by atoms with Crippen LogP contribution in [0, 0.1) is 5.92 Å². The van der Waals surface area contributed by atoms with E-state index in [-0.39, 0.29) is 0 Å². The lowest BCUT2D eigenvalue weighted by atomic mass is 9.80. The fourth-order valence-corrected chi connectivity index (χ4v) is 4.08. The normalized spacial score (nSPS) is 32.1. The van der Waals surface area contributed by atoms with Crippen LogP contribution < -0.4 is 0 Å². The highest BCUT2D eigenvalue weighted by atomic mass is 16.3. The largest absolute Gasteiger partial charge is 0.396 e. The molecule has 2 nitrogen and oxygen atoms in total. The molecule has 1 saturated heterocycles. The fourth-order valence-electron chi connectivity index (χ4n) is 4.08. The van der Waals surface area contributed by atoms with E-state index in [1.165, 1.54) is 50.6 Å². The van der Waals surface area contributed by atoms with E-state index in [9.17, 15) is 5.11 Å². The molecule has 2 heteroatoms. The summed E-state index contributed by atoms with van der Waals surface area (Å²) in [6.07, 6.45) is 7.80. The van der Waals surface area contributed by atoms with E-state index in [2.05, 4.69) is 35.2 Å². The van der Waals surface area contributed by atoms with E-state index < -0.39 is 0 Å². The highest BCUT2D eigenvalue weighted by Gasteiger charge is 2.29. The van der Waals surface area contributed by atoms with Crippen LogP contribution in [0.25, 0.3) is 0 Å². The smallest absolute Gasteiger partial charge is 0.0471 e. The van der Waals surface area contributed by atoms with Gasteiger partial charge in [0, 0.05) is 19.2 Å². The first-order chi connectivity index (χ1) is 9.86. The standard InChI is InChI=1S/C18H27NO/c20-14-15-5-4-12-19(13-15)18-10-8-17(9-11-18)16-6-2-1-3-7-16/h1-3,6-7,15,17-18,20H,4-5,8-14H2. The SMILES string of the molecule is OCC1CCCN(C2CCC(c3ccccc3)CC2)C1. The van der Waals surface area contributed by atoms with Crippen molar-refractivity contribution in [2.75, 3.05) is 19.7 Å². The lowest BCUT2D eigenvalue weighted by Crippen LogP contribution is -2.44. The first-order valence-electron chi connectivity index (χ1n) is 8.26. The van der Waals surface area contributed by atoms with Crippen molar-refractivity contribution in [1.29, 1.82) is 0 Å². The van der Waals surface area contributed by atoms with Gasteiger partial charge in [-0.05, 0) is 62.5 Å². The molecular formula is C18H27NO. The predicted molar refractivity (Wildman–Crippen MR) is 82.8 cm³/mol. The zero-order valence-electron chi connectivity index (χ0n) is 12.4. The Morgan fingerprint density at radius 2 is 1.75 bits per heavy atom. The summed E-state index contributed by atoms with van der Waals surface area (Å²) in [6.45, 7) is 2.74. The Bertz CT molecular complexity index is 397. The van der Waals surface area contributed by atoms with E-state index >= 15 is 0 Å². The highest BCUT2D eigenvalue weighted by Crippen LogP contribution is 2.35. The molecule has 0 aromatic heterocycles. The molecule has 1 aliphatic heterocycles. The highest BCUT2D eigenvalue weighted by molar-refractivity contribution is 5.20. The topological polar surface area (TPSA) is 23.5 Å². The van der Waals surface area contributed by atoms with Gasteiger partial charge in [-0.15, -0.1) is 0 Å². The van der Waals surface area contributed by atoms with E-state index in [0.29, 0.717) is 12.5 Å². The van der Waals surface area contributed by atoms with E-state index in [4.69, 9.17) is 0 Å². The Kier molecular flexibility index (Phi) is 4.74. The zero-order chi connectivity index (χ0) is 13.8. The molecule has 0 amide bonds. The van der Waals surface area contributed by atoms with Crippen LogP contribution in [0.3, 0.4) is 0 Å². The van der Waals surface area contributed by atoms with Crippen molar-refractivity contribution < 1.29 is 5.11 Å². The second kappa shape index (κ2) is 6.73. The molecule has 0 bridgehead atoms. The van der Waals surface area contributed by atoms with Gasteiger partial charge in [-0.2, -0.15) is 0 Å². The fraction of sp³-hybridized carbons (Fsp3) is 0.667. The number of rotatable bonds is 3. The summed E-state index contributed by atoms with van der Waals surface area (Å²) in [5.41, 5.74) is 1.53. The van der Waals surface area contributed by atoms with Crippen LogP contribution in [0.4, 0.5) is 0 Å². The molecule has 1 aliphatic carbocycles. The summed E-state index contributed by atoms with van der Waals surface area (Å²) in [5.74, 6) is 1.29. The Labute approximate surface area is 122 Å². The number of benzene rings is 1. The number of hydrogen-bond acceptors (Lipinski definition) is 2. The van der Waals surface area contributed by atoms with Gasteiger partial charge in [0.05, 0.1) is 0 Å². The van der Waals surface area contributed by atoms with Gasteiger partial charge in [0.2, 0.25) is 0 Å². The summed E-state index contributed by atoms with van der Waals surface area (Å²) in [6, 6.07) is 11.8. The average Bonchev–Trinajstić information content (AvgIpc) is 2.56. The quantitative estimate of drug-likeness (QED) is 0.912. The summed E-state index contributed by atoms with van der Waals surface area (Å²) in [7, 11) is 0. The lowest BCUT2D eigenvalue weighted by molar-refractivity contribution is 0.0696. The van der Waals surface area contributed by atoms with Crippen LogP contribution in [0.1, 0.15) is 50.0 Å². The summed E-state index contributed by atoms with van der Waals surface area (Å²) >= 11 is 0. The number of nitrogens with zero attached hydrogens (tertiary/aromatic N) is 1. The average molecular weight is 273 g/mol. The number of aliphatic hydroxyl groups excluding tert-OH is 1. The molecule has 1 saturated carbocycles. The van der Waals surface area contributed by atoms with Gasteiger partial charge in [0.25, 0.3) is 0 Å². The molecule has 110 valence electrons. The molecule has 1 unspecified atom stereocenters. The molecule has 1 atom stereocenters. The maximum Gasteiger partial charge on any atom is 0.0471 e. The second-order valence-electron chi connectivity index (χ2n) is 6.60.